The fourth-order valence-electron chi connectivity index (χ4n) is 2.30. The predicted octanol–water partition coefficient (Wildman–Crippen LogP) is 1.45. The maximum absolute atomic E-state index is 12.6. The van der Waals surface area contributed by atoms with Gasteiger partial charge in [0, 0.05) is 37.3 Å². The number of halogens is 2. The smallest absolute Gasteiger partial charge is 0.276 e. The quantitative estimate of drug-likeness (QED) is 0.307. The van der Waals surface area contributed by atoms with E-state index in [0.29, 0.717) is 29.9 Å². The van der Waals surface area contributed by atoms with E-state index in [2.05, 4.69) is 26.3 Å². The maximum Gasteiger partial charge on any atom is 0.276 e. The lowest BCUT2D eigenvalue weighted by molar-refractivity contribution is -0.117. The highest BCUT2D eigenvalue weighted by molar-refractivity contribution is 5.97. The zero-order chi connectivity index (χ0) is 20.4. The molecule has 0 bridgehead atoms. The van der Waals surface area contributed by atoms with Crippen molar-refractivity contribution in [3.8, 4) is 0 Å². The summed E-state index contributed by atoms with van der Waals surface area (Å²) in [6.07, 6.45) is 4.51. The molecule has 6 N–H and O–H groups in total. The summed E-state index contributed by atoms with van der Waals surface area (Å²) in [5.74, 6) is -0.207. The number of nitrogens with zero attached hydrogens (tertiary/aromatic N) is 1. The summed E-state index contributed by atoms with van der Waals surface area (Å²) in [7, 11) is 1.73. The van der Waals surface area contributed by atoms with Crippen LogP contribution in [0.3, 0.4) is 0 Å². The van der Waals surface area contributed by atoms with Gasteiger partial charge in [-0.1, -0.05) is 13.0 Å². The second kappa shape index (κ2) is 11.0. The van der Waals surface area contributed by atoms with E-state index in [-0.39, 0.29) is 23.6 Å². The average molecular weight is 382 g/mol. The summed E-state index contributed by atoms with van der Waals surface area (Å²) in [6, 6.07) is 0. The largest absolute Gasteiger partial charge is 0.388 e. The van der Waals surface area contributed by atoms with E-state index in [9.17, 15) is 13.6 Å². The molecule has 1 amide bonds. The molecule has 1 unspecified atom stereocenters. The number of nitrogens with two attached hydrogens (primary N) is 1. The molecule has 0 saturated heterocycles. The van der Waals surface area contributed by atoms with E-state index in [1.54, 1.807) is 13.2 Å². The van der Waals surface area contributed by atoms with Crippen molar-refractivity contribution in [3.63, 3.8) is 0 Å². The molecule has 1 atom stereocenters. The number of amides is 1. The van der Waals surface area contributed by atoms with Crippen LogP contribution in [-0.2, 0) is 4.79 Å². The third kappa shape index (κ3) is 7.12. The molecule has 0 aromatic heterocycles. The molecule has 0 aliphatic carbocycles. The Bertz CT molecular complexity index is 679. The third-order valence-electron chi connectivity index (χ3n) is 3.55. The van der Waals surface area contributed by atoms with Crippen molar-refractivity contribution in [2.75, 3.05) is 13.6 Å². The van der Waals surface area contributed by atoms with Crippen LogP contribution in [0.1, 0.15) is 27.2 Å². The normalized spacial score (nSPS) is 18.5. The molecule has 0 fully saturated rings. The van der Waals surface area contributed by atoms with Gasteiger partial charge in [0.25, 0.3) is 12.3 Å². The van der Waals surface area contributed by atoms with Crippen LogP contribution < -0.4 is 27.0 Å². The highest BCUT2D eigenvalue weighted by atomic mass is 19.3. The predicted molar refractivity (Wildman–Crippen MR) is 104 cm³/mol. The van der Waals surface area contributed by atoms with Gasteiger partial charge in [0.15, 0.2) is 0 Å². The molecule has 1 aliphatic heterocycles. The van der Waals surface area contributed by atoms with Crippen molar-refractivity contribution in [3.05, 3.63) is 47.2 Å². The number of hydrogen-bond acceptors (Lipinski definition) is 6. The molecular weight excluding hydrogens is 354 g/mol. The Balaban J connectivity index is 2.94. The van der Waals surface area contributed by atoms with E-state index < -0.39 is 6.43 Å². The average Bonchev–Trinajstić information content (AvgIpc) is 2.61. The van der Waals surface area contributed by atoms with Crippen LogP contribution in [0.25, 0.3) is 0 Å². The standard InChI is InChI=1S/C18H28F2N6O/c1-5-7-12(8-15(21)25-11(3)17(19)20)26-16-9-14(22-4)13(10-24-16)18(27)23-6-2/h7-10,16-17,22,24,26H,5-6,21H2,1-4H3,(H,23,27)/b12-7-,15-8-,25-11+. The Morgan fingerprint density at radius 3 is 2.70 bits per heavy atom. The highest BCUT2D eigenvalue weighted by Gasteiger charge is 2.19. The van der Waals surface area contributed by atoms with Crippen molar-refractivity contribution in [1.82, 2.24) is 21.3 Å². The van der Waals surface area contributed by atoms with Gasteiger partial charge in [0.05, 0.1) is 11.3 Å². The van der Waals surface area contributed by atoms with Crippen LogP contribution in [0, 0.1) is 0 Å². The molecule has 0 aromatic carbocycles. The molecule has 1 heterocycles. The summed E-state index contributed by atoms with van der Waals surface area (Å²) in [6.45, 7) is 5.54. The van der Waals surface area contributed by atoms with Gasteiger partial charge in [-0.05, 0) is 26.3 Å². The molecule has 1 rings (SSSR count). The van der Waals surface area contributed by atoms with Gasteiger partial charge < -0.3 is 27.0 Å². The van der Waals surface area contributed by atoms with Crippen molar-refractivity contribution in [2.24, 2.45) is 10.7 Å². The maximum atomic E-state index is 12.6. The highest BCUT2D eigenvalue weighted by Crippen LogP contribution is 2.13. The Morgan fingerprint density at radius 1 is 1.44 bits per heavy atom. The summed E-state index contributed by atoms with van der Waals surface area (Å²) in [5.41, 5.74) is 7.18. The van der Waals surface area contributed by atoms with Crippen molar-refractivity contribution < 1.29 is 13.6 Å². The Hall–Kier alpha value is -2.84. The first kappa shape index (κ1) is 22.2. The molecule has 0 saturated carbocycles. The van der Waals surface area contributed by atoms with Crippen LogP contribution in [0.5, 0.6) is 0 Å². The van der Waals surface area contributed by atoms with Gasteiger partial charge in [-0.3, -0.25) is 4.79 Å². The summed E-state index contributed by atoms with van der Waals surface area (Å²) < 4.78 is 25.2. The summed E-state index contributed by atoms with van der Waals surface area (Å²) in [5, 5.41) is 12.0. The number of aliphatic imine (C=N–C) groups is 1. The van der Waals surface area contributed by atoms with Gasteiger partial charge in [0.2, 0.25) is 0 Å². The van der Waals surface area contributed by atoms with Crippen LogP contribution in [0.2, 0.25) is 0 Å². The number of hydrogen-bond donors (Lipinski definition) is 5. The lowest BCUT2D eigenvalue weighted by atomic mass is 10.1. The van der Waals surface area contributed by atoms with E-state index >= 15 is 0 Å². The topological polar surface area (TPSA) is 104 Å². The number of likely N-dealkylation sites (N-methyl/N-ethyl adjacent to an activating group) is 2. The van der Waals surface area contributed by atoms with Crippen molar-refractivity contribution in [2.45, 2.75) is 39.8 Å². The van der Waals surface area contributed by atoms with Gasteiger partial charge in [-0.15, -0.1) is 0 Å². The van der Waals surface area contributed by atoms with Crippen LogP contribution in [0.4, 0.5) is 8.78 Å². The zero-order valence-corrected chi connectivity index (χ0v) is 16.1. The monoisotopic (exact) mass is 382 g/mol. The lowest BCUT2D eigenvalue weighted by Crippen LogP contribution is -2.42. The number of allylic oxidation sites excluding steroid dienone is 2. The first-order chi connectivity index (χ1) is 12.8. The molecule has 0 radical (unpaired) electrons. The van der Waals surface area contributed by atoms with E-state index in [0.717, 1.165) is 0 Å². The number of alkyl halides is 2. The molecule has 7 nitrogen and oxygen atoms in total. The second-order valence-corrected chi connectivity index (χ2v) is 5.73. The van der Waals surface area contributed by atoms with E-state index in [4.69, 9.17) is 5.73 Å². The molecular formula is C18H28F2N6O. The minimum atomic E-state index is -2.65. The van der Waals surface area contributed by atoms with E-state index in [1.807, 2.05) is 26.0 Å². The molecule has 1 aliphatic rings. The van der Waals surface area contributed by atoms with Gasteiger partial charge in [0.1, 0.15) is 12.0 Å². The Labute approximate surface area is 158 Å². The number of carbonyl (C=O) groups excluding carboxylic acids is 1. The van der Waals surface area contributed by atoms with Crippen molar-refractivity contribution >= 4 is 11.6 Å². The lowest BCUT2D eigenvalue weighted by Gasteiger charge is -2.25. The first-order valence-electron chi connectivity index (χ1n) is 8.73. The molecule has 150 valence electrons. The van der Waals surface area contributed by atoms with Gasteiger partial charge >= 0.3 is 0 Å². The van der Waals surface area contributed by atoms with E-state index in [1.165, 1.54) is 13.0 Å². The minimum Gasteiger partial charge on any atom is -0.388 e. The fraction of sp³-hybridized carbons (Fsp3) is 0.444. The van der Waals surface area contributed by atoms with Crippen molar-refractivity contribution in [1.29, 1.82) is 0 Å². The number of nitrogens with one attached hydrogen (secondary N) is 4. The summed E-state index contributed by atoms with van der Waals surface area (Å²) >= 11 is 0. The Morgan fingerprint density at radius 2 is 2.15 bits per heavy atom. The van der Waals surface area contributed by atoms with Crippen LogP contribution in [0.15, 0.2) is 52.2 Å². The fourth-order valence-corrected chi connectivity index (χ4v) is 2.30. The number of carbonyl (C=O) groups is 1. The SMILES string of the molecule is CC/C=C(/C=C(N)\N=C(/C)C(F)F)NC1C=C(NC)C(C(=O)NCC)=CN1. The minimum absolute atomic E-state index is 0.0211. The van der Waals surface area contributed by atoms with Crippen LogP contribution >= 0.6 is 0 Å². The molecule has 27 heavy (non-hydrogen) atoms. The summed E-state index contributed by atoms with van der Waals surface area (Å²) in [4.78, 5) is 15.8. The van der Waals surface area contributed by atoms with Gasteiger partial charge in [-0.25, -0.2) is 13.8 Å². The molecule has 9 heteroatoms. The Kier molecular flexibility index (Phi) is 9.04. The number of rotatable bonds is 9. The van der Waals surface area contributed by atoms with Gasteiger partial charge in [-0.2, -0.15) is 0 Å². The molecule has 0 spiro atoms. The second-order valence-electron chi connectivity index (χ2n) is 5.73. The first-order valence-corrected chi connectivity index (χ1v) is 8.73. The molecule has 0 aromatic rings. The third-order valence-corrected chi connectivity index (χ3v) is 3.55. The van der Waals surface area contributed by atoms with Crippen LogP contribution in [-0.4, -0.2) is 37.8 Å². The zero-order valence-electron chi connectivity index (χ0n) is 16.1. The number of dihydropyridines is 1.